The van der Waals surface area contributed by atoms with Gasteiger partial charge >= 0.3 is 0 Å². The van der Waals surface area contributed by atoms with E-state index in [2.05, 4.69) is 0 Å². The lowest BCUT2D eigenvalue weighted by molar-refractivity contribution is -0.0433. The Morgan fingerprint density at radius 2 is 1.64 bits per heavy atom. The van der Waals surface area contributed by atoms with Gasteiger partial charge in [-0.15, -0.1) is 0 Å². The van der Waals surface area contributed by atoms with Crippen LogP contribution in [0.25, 0.3) is 21.7 Å². The summed E-state index contributed by atoms with van der Waals surface area (Å²) >= 11 is 0. The van der Waals surface area contributed by atoms with Gasteiger partial charge in [-0.25, -0.2) is 0 Å². The molecule has 0 fully saturated rings. The zero-order chi connectivity index (χ0) is 17.0. The molecule has 122 valence electrons. The van der Waals surface area contributed by atoms with E-state index in [-0.39, 0.29) is 12.2 Å². The fourth-order valence-electron chi connectivity index (χ4n) is 3.64. The second kappa shape index (κ2) is 4.94. The summed E-state index contributed by atoms with van der Waals surface area (Å²) in [6.07, 6.45) is 0. The number of hydrogen-bond acceptors (Lipinski definition) is 3. The third-order valence-corrected chi connectivity index (χ3v) is 4.89. The minimum absolute atomic E-state index is 0.0125. The molecule has 2 heterocycles. The molecule has 5 rings (SSSR count). The Bertz CT molecular complexity index is 1190. The van der Waals surface area contributed by atoms with Crippen LogP contribution >= 0.6 is 0 Å². The molecule has 1 unspecified atom stereocenters. The highest BCUT2D eigenvalue weighted by Crippen LogP contribution is 2.36. The molecular formula is C21H15NO3. The first-order valence-electron chi connectivity index (χ1n) is 8.16. The number of aliphatic hydroxyl groups is 1. The Hall–Kier alpha value is -3.11. The van der Waals surface area contributed by atoms with Crippen molar-refractivity contribution in [3.8, 4) is 5.75 Å². The summed E-state index contributed by atoms with van der Waals surface area (Å²) in [5, 5.41) is 14.4. The lowest BCUT2D eigenvalue weighted by atomic mass is 9.97. The Morgan fingerprint density at radius 1 is 0.880 bits per heavy atom. The standard InChI is InChI=1S/C21H15NO3/c23-19-11-9-15-6-3-7-18-20(15)22(19)21(24,13-25-18)17-10-8-14-4-1-2-5-16(14)12-17/h1-12,24H,13H2. The van der Waals surface area contributed by atoms with Gasteiger partial charge in [-0.1, -0.05) is 48.5 Å². The van der Waals surface area contributed by atoms with Crippen molar-refractivity contribution in [1.29, 1.82) is 0 Å². The van der Waals surface area contributed by atoms with Gasteiger partial charge in [0.1, 0.15) is 12.4 Å². The minimum atomic E-state index is -1.55. The number of fused-ring (bicyclic) bond motifs is 1. The third-order valence-electron chi connectivity index (χ3n) is 4.89. The Labute approximate surface area is 143 Å². The van der Waals surface area contributed by atoms with Crippen molar-refractivity contribution in [3.05, 3.63) is 88.7 Å². The molecule has 1 aliphatic heterocycles. The van der Waals surface area contributed by atoms with E-state index in [1.807, 2.05) is 60.7 Å². The first-order valence-corrected chi connectivity index (χ1v) is 8.16. The van der Waals surface area contributed by atoms with Gasteiger partial charge in [-0.05, 0) is 29.0 Å². The van der Waals surface area contributed by atoms with Gasteiger partial charge in [-0.3, -0.25) is 9.36 Å². The second-order valence-electron chi connectivity index (χ2n) is 6.37. The van der Waals surface area contributed by atoms with E-state index in [9.17, 15) is 9.90 Å². The zero-order valence-electron chi connectivity index (χ0n) is 13.3. The number of benzene rings is 3. The maximum atomic E-state index is 12.7. The molecule has 0 spiro atoms. The monoisotopic (exact) mass is 329 g/mol. The van der Waals surface area contributed by atoms with Gasteiger partial charge in [0.2, 0.25) is 5.72 Å². The summed E-state index contributed by atoms with van der Waals surface area (Å²) in [7, 11) is 0. The predicted molar refractivity (Wildman–Crippen MR) is 96.9 cm³/mol. The van der Waals surface area contributed by atoms with Crippen molar-refractivity contribution in [2.75, 3.05) is 6.61 Å². The average molecular weight is 329 g/mol. The van der Waals surface area contributed by atoms with Gasteiger partial charge in [0.05, 0.1) is 5.52 Å². The lowest BCUT2D eigenvalue weighted by Gasteiger charge is -2.36. The van der Waals surface area contributed by atoms with Crippen LogP contribution < -0.4 is 10.3 Å². The summed E-state index contributed by atoms with van der Waals surface area (Å²) in [6, 6.07) is 22.5. The van der Waals surface area contributed by atoms with Crippen LogP contribution in [0.2, 0.25) is 0 Å². The number of rotatable bonds is 1. The molecule has 0 saturated heterocycles. The molecule has 0 aliphatic carbocycles. The Balaban J connectivity index is 1.84. The summed E-state index contributed by atoms with van der Waals surface area (Å²) < 4.78 is 7.27. The highest BCUT2D eigenvalue weighted by Gasteiger charge is 2.38. The van der Waals surface area contributed by atoms with Crippen LogP contribution in [0, 0.1) is 0 Å². The van der Waals surface area contributed by atoms with E-state index >= 15 is 0 Å². The van der Waals surface area contributed by atoms with Gasteiger partial charge in [0, 0.05) is 17.0 Å². The number of nitrogens with zero attached hydrogens (tertiary/aromatic N) is 1. The van der Waals surface area contributed by atoms with Crippen molar-refractivity contribution in [1.82, 2.24) is 4.57 Å². The Kier molecular flexibility index (Phi) is 2.82. The highest BCUT2D eigenvalue weighted by molar-refractivity contribution is 5.86. The van der Waals surface area contributed by atoms with Crippen molar-refractivity contribution in [3.63, 3.8) is 0 Å². The predicted octanol–water partition coefficient (Wildman–Crippen LogP) is 3.24. The van der Waals surface area contributed by atoms with Gasteiger partial charge in [0.25, 0.3) is 5.56 Å². The van der Waals surface area contributed by atoms with Crippen LogP contribution in [0.1, 0.15) is 5.56 Å². The molecule has 4 aromatic rings. The molecular weight excluding hydrogens is 314 g/mol. The van der Waals surface area contributed by atoms with E-state index in [1.165, 1.54) is 10.6 Å². The minimum Gasteiger partial charge on any atom is -0.486 e. The molecule has 0 radical (unpaired) electrons. The Morgan fingerprint density at radius 3 is 2.52 bits per heavy atom. The number of ether oxygens (including phenoxy) is 1. The molecule has 1 aliphatic rings. The smallest absolute Gasteiger partial charge is 0.253 e. The first kappa shape index (κ1) is 14.3. The van der Waals surface area contributed by atoms with Crippen LogP contribution in [0.4, 0.5) is 0 Å². The average Bonchev–Trinajstić information content (AvgIpc) is 2.65. The van der Waals surface area contributed by atoms with Crippen molar-refractivity contribution in [2.45, 2.75) is 5.72 Å². The molecule has 1 atom stereocenters. The van der Waals surface area contributed by atoms with Crippen LogP contribution in [-0.4, -0.2) is 16.3 Å². The van der Waals surface area contributed by atoms with Crippen LogP contribution in [0.15, 0.2) is 77.6 Å². The molecule has 0 amide bonds. The number of aromatic nitrogens is 1. The molecule has 0 saturated carbocycles. The topological polar surface area (TPSA) is 51.5 Å². The third kappa shape index (κ3) is 1.95. The normalized spacial score (nSPS) is 19.1. The van der Waals surface area contributed by atoms with Gasteiger partial charge < -0.3 is 9.84 Å². The van der Waals surface area contributed by atoms with Crippen LogP contribution in [-0.2, 0) is 5.72 Å². The lowest BCUT2D eigenvalue weighted by Crippen LogP contribution is -2.48. The first-order chi connectivity index (χ1) is 12.2. The van der Waals surface area contributed by atoms with Gasteiger partial charge in [-0.2, -0.15) is 0 Å². The van der Waals surface area contributed by atoms with Crippen molar-refractivity contribution >= 4 is 21.7 Å². The van der Waals surface area contributed by atoms with E-state index in [1.54, 1.807) is 6.07 Å². The molecule has 1 aromatic heterocycles. The summed E-state index contributed by atoms with van der Waals surface area (Å²) in [4.78, 5) is 12.7. The number of pyridine rings is 1. The molecule has 4 heteroatoms. The van der Waals surface area contributed by atoms with Crippen LogP contribution in [0.5, 0.6) is 5.75 Å². The number of para-hydroxylation sites is 1. The maximum Gasteiger partial charge on any atom is 0.253 e. The zero-order valence-corrected chi connectivity index (χ0v) is 13.3. The fourth-order valence-corrected chi connectivity index (χ4v) is 3.64. The summed E-state index contributed by atoms with van der Waals surface area (Å²) in [6.45, 7) is -0.0125. The number of hydrogen-bond donors (Lipinski definition) is 1. The SMILES string of the molecule is O=c1ccc2cccc3c2n1C(O)(c1ccc2ccccc2c1)CO3. The van der Waals surface area contributed by atoms with Crippen molar-refractivity contribution in [2.24, 2.45) is 0 Å². The molecule has 0 bridgehead atoms. The molecule has 1 N–H and O–H groups in total. The molecule has 3 aromatic carbocycles. The fraction of sp³-hybridized carbons (Fsp3) is 0.0952. The van der Waals surface area contributed by atoms with E-state index in [0.29, 0.717) is 16.8 Å². The van der Waals surface area contributed by atoms with E-state index in [4.69, 9.17) is 4.74 Å². The highest BCUT2D eigenvalue weighted by atomic mass is 16.5. The van der Waals surface area contributed by atoms with Crippen LogP contribution in [0.3, 0.4) is 0 Å². The quantitative estimate of drug-likeness (QED) is 0.583. The second-order valence-corrected chi connectivity index (χ2v) is 6.37. The van der Waals surface area contributed by atoms with E-state index < -0.39 is 5.72 Å². The molecule has 25 heavy (non-hydrogen) atoms. The maximum absolute atomic E-state index is 12.7. The van der Waals surface area contributed by atoms with Crippen molar-refractivity contribution < 1.29 is 9.84 Å². The summed E-state index contributed by atoms with van der Waals surface area (Å²) in [5.74, 6) is 0.612. The van der Waals surface area contributed by atoms with Gasteiger partial charge in [0.15, 0.2) is 0 Å². The largest absolute Gasteiger partial charge is 0.486 e. The van der Waals surface area contributed by atoms with E-state index in [0.717, 1.165) is 16.2 Å². The summed E-state index contributed by atoms with van der Waals surface area (Å²) in [5.41, 5.74) is -0.541. The molecule has 4 nitrogen and oxygen atoms in total.